The molecule has 5 heteroatoms. The zero-order valence-corrected chi connectivity index (χ0v) is 12.7. The van der Waals surface area contributed by atoms with E-state index in [1.54, 1.807) is 23.1 Å². The van der Waals surface area contributed by atoms with Crippen LogP contribution in [0.1, 0.15) is 5.69 Å². The van der Waals surface area contributed by atoms with Gasteiger partial charge in [0.05, 0.1) is 26.9 Å². The molecular formula is C16H11N3S2. The lowest BCUT2D eigenvalue weighted by molar-refractivity contribution is 1.16. The molecule has 0 aliphatic heterocycles. The van der Waals surface area contributed by atoms with Crippen LogP contribution in [-0.4, -0.2) is 15.0 Å². The molecule has 0 aliphatic rings. The topological polar surface area (TPSA) is 38.7 Å². The van der Waals surface area contributed by atoms with Crippen LogP contribution in [0.3, 0.4) is 0 Å². The van der Waals surface area contributed by atoms with Gasteiger partial charge < -0.3 is 0 Å². The minimum absolute atomic E-state index is 0.789. The third kappa shape index (κ3) is 2.62. The van der Waals surface area contributed by atoms with E-state index in [0.717, 1.165) is 32.3 Å². The fourth-order valence-corrected chi connectivity index (χ4v) is 4.07. The van der Waals surface area contributed by atoms with Crippen molar-refractivity contribution in [2.75, 3.05) is 0 Å². The Balaban J connectivity index is 1.57. The summed E-state index contributed by atoms with van der Waals surface area (Å²) in [6.45, 7) is 0. The lowest BCUT2D eigenvalue weighted by atomic mass is 10.3. The average Bonchev–Trinajstić information content (AvgIpc) is 2.95. The number of aromatic nitrogens is 3. The largest absolute Gasteiger partial charge is 0.253 e. The molecule has 0 saturated heterocycles. The summed E-state index contributed by atoms with van der Waals surface area (Å²) in [5, 5.41) is 0. The first-order valence-corrected chi connectivity index (χ1v) is 8.38. The van der Waals surface area contributed by atoms with E-state index in [1.807, 2.05) is 48.7 Å². The molecule has 0 radical (unpaired) electrons. The maximum Gasteiger partial charge on any atom is 0.151 e. The summed E-state index contributed by atoms with van der Waals surface area (Å²) in [5.74, 6) is 0.789. The molecule has 2 aromatic heterocycles. The highest BCUT2D eigenvalue weighted by molar-refractivity contribution is 8.00. The van der Waals surface area contributed by atoms with Crippen LogP contribution in [0, 0.1) is 0 Å². The van der Waals surface area contributed by atoms with Crippen LogP contribution >= 0.6 is 23.1 Å². The number of nitrogens with zero attached hydrogens (tertiary/aromatic N) is 3. The molecule has 0 fully saturated rings. The highest BCUT2D eigenvalue weighted by Crippen LogP contribution is 2.31. The molecule has 0 unspecified atom stereocenters. The zero-order valence-electron chi connectivity index (χ0n) is 11.1. The molecule has 2 heterocycles. The Bertz CT molecular complexity index is 884. The first-order chi connectivity index (χ1) is 10.4. The van der Waals surface area contributed by atoms with Gasteiger partial charge in [-0.05, 0) is 24.3 Å². The lowest BCUT2D eigenvalue weighted by Gasteiger charge is -2.00. The molecule has 102 valence electrons. The summed E-state index contributed by atoms with van der Waals surface area (Å²) in [5.41, 5.74) is 3.93. The third-order valence-electron chi connectivity index (χ3n) is 3.12. The molecule has 4 rings (SSSR count). The van der Waals surface area contributed by atoms with Crippen molar-refractivity contribution in [1.29, 1.82) is 0 Å². The number of thioether (sulfide) groups is 1. The summed E-state index contributed by atoms with van der Waals surface area (Å²) in [4.78, 5) is 13.7. The number of benzene rings is 2. The summed E-state index contributed by atoms with van der Waals surface area (Å²) in [7, 11) is 0. The number of fused-ring (bicyclic) bond motifs is 2. The molecule has 0 atom stereocenters. The second-order valence-corrected chi connectivity index (χ2v) is 6.84. The van der Waals surface area contributed by atoms with Crippen molar-refractivity contribution < 1.29 is 0 Å². The number of para-hydroxylation sites is 3. The summed E-state index contributed by atoms with van der Waals surface area (Å²) >= 11 is 3.44. The van der Waals surface area contributed by atoms with Gasteiger partial charge in [0.15, 0.2) is 4.34 Å². The lowest BCUT2D eigenvalue weighted by Crippen LogP contribution is -1.90. The van der Waals surface area contributed by atoms with Crippen molar-refractivity contribution >= 4 is 44.3 Å². The SMILES string of the molecule is c1ccc2nc(CSc3nc4ccccc4s3)cnc2c1. The maximum atomic E-state index is 4.64. The molecule has 0 N–H and O–H groups in total. The molecule has 0 spiro atoms. The van der Waals surface area contributed by atoms with Crippen molar-refractivity contribution in [2.24, 2.45) is 0 Å². The molecule has 4 aromatic rings. The Labute approximate surface area is 130 Å². The normalized spacial score (nSPS) is 11.2. The van der Waals surface area contributed by atoms with Crippen LogP contribution < -0.4 is 0 Å². The minimum Gasteiger partial charge on any atom is -0.253 e. The van der Waals surface area contributed by atoms with Crippen LogP contribution in [0.5, 0.6) is 0 Å². The molecule has 21 heavy (non-hydrogen) atoms. The highest BCUT2D eigenvalue weighted by atomic mass is 32.2. The van der Waals surface area contributed by atoms with Crippen LogP contribution in [-0.2, 0) is 5.75 Å². The van der Waals surface area contributed by atoms with Crippen LogP contribution in [0.15, 0.2) is 59.1 Å². The van der Waals surface area contributed by atoms with E-state index in [0.29, 0.717) is 0 Å². The van der Waals surface area contributed by atoms with Crippen molar-refractivity contribution in [2.45, 2.75) is 10.1 Å². The van der Waals surface area contributed by atoms with Gasteiger partial charge in [-0.15, -0.1) is 11.3 Å². The molecular weight excluding hydrogens is 298 g/mol. The van der Waals surface area contributed by atoms with Gasteiger partial charge in [-0.25, -0.2) is 9.97 Å². The fourth-order valence-electron chi connectivity index (χ4n) is 2.11. The Kier molecular flexibility index (Phi) is 3.29. The smallest absolute Gasteiger partial charge is 0.151 e. The van der Waals surface area contributed by atoms with Gasteiger partial charge in [0, 0.05) is 11.9 Å². The Hall–Kier alpha value is -1.98. The number of hydrogen-bond donors (Lipinski definition) is 0. The zero-order chi connectivity index (χ0) is 14.1. The van der Waals surface area contributed by atoms with Crippen molar-refractivity contribution in [1.82, 2.24) is 15.0 Å². The van der Waals surface area contributed by atoms with Crippen molar-refractivity contribution in [3.63, 3.8) is 0 Å². The van der Waals surface area contributed by atoms with E-state index in [-0.39, 0.29) is 0 Å². The average molecular weight is 309 g/mol. The van der Waals surface area contributed by atoms with E-state index in [9.17, 15) is 0 Å². The Morgan fingerprint density at radius 2 is 1.62 bits per heavy atom. The van der Waals surface area contributed by atoms with E-state index >= 15 is 0 Å². The van der Waals surface area contributed by atoms with Gasteiger partial charge in [-0.3, -0.25) is 4.98 Å². The fraction of sp³-hybridized carbons (Fsp3) is 0.0625. The Morgan fingerprint density at radius 3 is 2.48 bits per heavy atom. The van der Waals surface area contributed by atoms with Crippen molar-refractivity contribution in [3.8, 4) is 0 Å². The molecule has 2 aromatic carbocycles. The van der Waals surface area contributed by atoms with Gasteiger partial charge in [0.25, 0.3) is 0 Å². The summed E-state index contributed by atoms with van der Waals surface area (Å²) < 4.78 is 2.30. The van der Waals surface area contributed by atoms with Gasteiger partial charge >= 0.3 is 0 Å². The first kappa shape index (κ1) is 12.7. The second-order valence-electron chi connectivity index (χ2n) is 4.59. The predicted octanol–water partition coefficient (Wildman–Crippen LogP) is 4.53. The second kappa shape index (κ2) is 5.42. The highest BCUT2D eigenvalue weighted by Gasteiger charge is 2.05. The van der Waals surface area contributed by atoms with Gasteiger partial charge in [-0.1, -0.05) is 36.0 Å². The molecule has 0 amide bonds. The monoisotopic (exact) mass is 309 g/mol. The van der Waals surface area contributed by atoms with Crippen molar-refractivity contribution in [3.05, 3.63) is 60.4 Å². The van der Waals surface area contributed by atoms with Crippen LogP contribution in [0.4, 0.5) is 0 Å². The molecule has 0 bridgehead atoms. The molecule has 3 nitrogen and oxygen atoms in total. The van der Waals surface area contributed by atoms with Crippen LogP contribution in [0.25, 0.3) is 21.3 Å². The maximum absolute atomic E-state index is 4.64. The predicted molar refractivity (Wildman–Crippen MR) is 88.7 cm³/mol. The Morgan fingerprint density at radius 1 is 0.857 bits per heavy atom. The van der Waals surface area contributed by atoms with Gasteiger partial charge in [0.1, 0.15) is 0 Å². The van der Waals surface area contributed by atoms with E-state index in [2.05, 4.69) is 21.0 Å². The van der Waals surface area contributed by atoms with Gasteiger partial charge in [0.2, 0.25) is 0 Å². The third-order valence-corrected chi connectivity index (χ3v) is 5.33. The standard InChI is InChI=1S/C16H11N3S2/c1-2-6-13-12(5-1)17-9-11(18-13)10-20-16-19-14-7-3-4-8-15(14)21-16/h1-9H,10H2. The van der Waals surface area contributed by atoms with E-state index in [4.69, 9.17) is 0 Å². The van der Waals surface area contributed by atoms with Gasteiger partial charge in [-0.2, -0.15) is 0 Å². The minimum atomic E-state index is 0.789. The van der Waals surface area contributed by atoms with E-state index < -0.39 is 0 Å². The molecule has 0 saturated carbocycles. The summed E-state index contributed by atoms with van der Waals surface area (Å²) in [6, 6.07) is 16.2. The first-order valence-electron chi connectivity index (χ1n) is 6.57. The number of rotatable bonds is 3. The van der Waals surface area contributed by atoms with E-state index in [1.165, 1.54) is 4.70 Å². The number of thiazole rings is 1. The number of hydrogen-bond acceptors (Lipinski definition) is 5. The summed E-state index contributed by atoms with van der Waals surface area (Å²) in [6.07, 6.45) is 1.85. The van der Waals surface area contributed by atoms with Crippen LogP contribution in [0.2, 0.25) is 0 Å². The quantitative estimate of drug-likeness (QED) is 0.521. The molecule has 0 aliphatic carbocycles.